The van der Waals surface area contributed by atoms with E-state index in [0.29, 0.717) is 50.7 Å². The van der Waals surface area contributed by atoms with Crippen molar-refractivity contribution in [3.63, 3.8) is 0 Å². The van der Waals surface area contributed by atoms with Gasteiger partial charge in [0.05, 0.1) is 15.6 Å². The number of rotatable bonds is 4. The number of piperazine rings is 1. The van der Waals surface area contributed by atoms with E-state index < -0.39 is 28.1 Å². The number of hydrogen-bond donors (Lipinski definition) is 0. The molecule has 3 heterocycles. The largest absolute Gasteiger partial charge is 0.471 e. The molecular formula is C25H22Cl2F3N5O3S. The van der Waals surface area contributed by atoms with Gasteiger partial charge in [-0.1, -0.05) is 23.2 Å². The Balaban J connectivity index is 1.27. The zero-order valence-electron chi connectivity index (χ0n) is 20.5. The van der Waals surface area contributed by atoms with Gasteiger partial charge in [0.15, 0.2) is 5.82 Å². The first kappa shape index (κ1) is 27.6. The minimum absolute atomic E-state index is 0.0211. The number of nitrogens with zero attached hydrogens (tertiary/aromatic N) is 5. The van der Waals surface area contributed by atoms with Crippen LogP contribution in [0.25, 0.3) is 11.3 Å². The molecule has 1 unspecified atom stereocenters. The summed E-state index contributed by atoms with van der Waals surface area (Å²) >= 11 is 12.2. The molecule has 1 fully saturated rings. The van der Waals surface area contributed by atoms with Crippen LogP contribution in [0.5, 0.6) is 0 Å². The van der Waals surface area contributed by atoms with Gasteiger partial charge in [0, 0.05) is 48.5 Å². The van der Waals surface area contributed by atoms with E-state index in [-0.39, 0.29) is 30.1 Å². The van der Waals surface area contributed by atoms with Crippen LogP contribution < -0.4 is 9.80 Å². The van der Waals surface area contributed by atoms with Gasteiger partial charge >= 0.3 is 12.1 Å². The van der Waals surface area contributed by atoms with Gasteiger partial charge in [-0.3, -0.25) is 4.79 Å². The first-order valence-corrected chi connectivity index (χ1v) is 14.1. The summed E-state index contributed by atoms with van der Waals surface area (Å²) in [5.74, 6) is -1.38. The van der Waals surface area contributed by atoms with E-state index in [1.54, 1.807) is 30.3 Å². The maximum Gasteiger partial charge on any atom is 0.471 e. The molecule has 0 radical (unpaired) electrons. The molecule has 3 aromatic rings. The number of alkyl halides is 3. The SMILES string of the molecule is CC1Cc2cc(S(=O)(=O)N3CCN(c4ccc(-c5ccc(Cl)cc5Cl)nn4)CC3)ccc2N1C(=O)C(F)(F)F. The summed E-state index contributed by atoms with van der Waals surface area (Å²) < 4.78 is 67.1. The minimum Gasteiger partial charge on any atom is -0.352 e. The van der Waals surface area contributed by atoms with Gasteiger partial charge in [-0.25, -0.2) is 8.42 Å². The number of sulfonamides is 1. The molecule has 0 spiro atoms. The van der Waals surface area contributed by atoms with Crippen molar-refractivity contribution in [2.75, 3.05) is 36.0 Å². The van der Waals surface area contributed by atoms with Gasteiger partial charge in [0.25, 0.3) is 0 Å². The van der Waals surface area contributed by atoms with Crippen LogP contribution in [0.2, 0.25) is 10.0 Å². The molecule has 0 aliphatic carbocycles. The highest BCUT2D eigenvalue weighted by atomic mass is 35.5. The topological polar surface area (TPSA) is 86.7 Å². The Labute approximate surface area is 233 Å². The fourth-order valence-corrected chi connectivity index (χ4v) is 6.83. The molecule has 2 aliphatic heterocycles. The molecule has 8 nitrogen and oxygen atoms in total. The van der Waals surface area contributed by atoms with Crippen molar-refractivity contribution in [3.05, 3.63) is 64.1 Å². The summed E-state index contributed by atoms with van der Waals surface area (Å²) in [6, 6.07) is 11.8. The second-order valence-electron chi connectivity index (χ2n) is 9.31. The first-order chi connectivity index (χ1) is 18.4. The maximum absolute atomic E-state index is 13.3. The van der Waals surface area contributed by atoms with Crippen molar-refractivity contribution >= 4 is 50.6 Å². The Bertz CT molecular complexity index is 1530. The van der Waals surface area contributed by atoms with E-state index in [9.17, 15) is 26.4 Å². The zero-order valence-corrected chi connectivity index (χ0v) is 22.8. The molecule has 0 bridgehead atoms. The molecule has 1 amide bonds. The van der Waals surface area contributed by atoms with Crippen molar-refractivity contribution in [2.24, 2.45) is 0 Å². The molecule has 14 heteroatoms. The van der Waals surface area contributed by atoms with Gasteiger partial charge in [0.1, 0.15) is 0 Å². The third-order valence-electron chi connectivity index (χ3n) is 6.79. The quantitative estimate of drug-likeness (QED) is 0.428. The molecule has 5 rings (SSSR count). The summed E-state index contributed by atoms with van der Waals surface area (Å²) in [7, 11) is -3.90. The van der Waals surface area contributed by atoms with Crippen LogP contribution in [-0.4, -0.2) is 67.2 Å². The standard InChI is InChI=1S/C25H22Cl2F3N5O3S/c1-15-12-16-13-18(3-6-22(16)35(15)24(36)25(28,29)30)39(37,38)34-10-8-33(9-11-34)23-7-5-21(31-32-23)19-4-2-17(26)14-20(19)27/h2-7,13-15H,8-12H2,1H3. The van der Waals surface area contributed by atoms with E-state index in [0.717, 1.165) is 0 Å². The fourth-order valence-electron chi connectivity index (χ4n) is 4.86. The highest BCUT2D eigenvalue weighted by Gasteiger charge is 2.47. The number of anilines is 2. The highest BCUT2D eigenvalue weighted by molar-refractivity contribution is 7.89. The number of carbonyl (C=O) groups is 1. The number of fused-ring (bicyclic) bond motifs is 1. The monoisotopic (exact) mass is 599 g/mol. The van der Waals surface area contributed by atoms with Crippen LogP contribution in [0.15, 0.2) is 53.4 Å². The summed E-state index contributed by atoms with van der Waals surface area (Å²) in [5.41, 5.74) is 1.72. The van der Waals surface area contributed by atoms with Crippen molar-refractivity contribution < 1.29 is 26.4 Å². The predicted molar refractivity (Wildman–Crippen MR) is 142 cm³/mol. The van der Waals surface area contributed by atoms with Crippen molar-refractivity contribution in [1.82, 2.24) is 14.5 Å². The maximum atomic E-state index is 13.3. The number of hydrogen-bond acceptors (Lipinski definition) is 6. The van der Waals surface area contributed by atoms with Crippen LogP contribution in [0, 0.1) is 0 Å². The zero-order chi connectivity index (χ0) is 28.1. The van der Waals surface area contributed by atoms with Gasteiger partial charge in [-0.2, -0.15) is 17.5 Å². The van der Waals surface area contributed by atoms with Crippen LogP contribution >= 0.6 is 23.2 Å². The Morgan fingerprint density at radius 1 is 0.974 bits per heavy atom. The predicted octanol–water partition coefficient (Wildman–Crippen LogP) is 4.80. The van der Waals surface area contributed by atoms with E-state index in [2.05, 4.69) is 10.2 Å². The van der Waals surface area contributed by atoms with Gasteiger partial charge in [0.2, 0.25) is 10.0 Å². The lowest BCUT2D eigenvalue weighted by atomic mass is 10.1. The molecule has 39 heavy (non-hydrogen) atoms. The van der Waals surface area contributed by atoms with Gasteiger partial charge in [-0.15, -0.1) is 10.2 Å². The second-order valence-corrected chi connectivity index (χ2v) is 12.1. The minimum atomic E-state index is -5.02. The number of amides is 1. The number of aromatic nitrogens is 2. The van der Waals surface area contributed by atoms with E-state index in [4.69, 9.17) is 23.2 Å². The normalized spacial score (nSPS) is 18.4. The van der Waals surface area contributed by atoms with Gasteiger partial charge < -0.3 is 9.80 Å². The van der Waals surface area contributed by atoms with Gasteiger partial charge in [-0.05, 0) is 67.4 Å². The summed E-state index contributed by atoms with van der Waals surface area (Å²) in [5, 5.41) is 9.49. The molecule has 0 N–H and O–H groups in total. The van der Waals surface area contributed by atoms with Crippen LogP contribution in [-0.2, 0) is 21.2 Å². The van der Waals surface area contributed by atoms with Crippen LogP contribution in [0.4, 0.5) is 24.7 Å². The lowest BCUT2D eigenvalue weighted by Gasteiger charge is -2.34. The summed E-state index contributed by atoms with van der Waals surface area (Å²) in [6.07, 6.45) is -4.89. The number of benzene rings is 2. The third-order valence-corrected chi connectivity index (χ3v) is 9.23. The summed E-state index contributed by atoms with van der Waals surface area (Å²) in [4.78, 5) is 14.5. The van der Waals surface area contributed by atoms with E-state index in [1.807, 2.05) is 4.90 Å². The smallest absolute Gasteiger partial charge is 0.352 e. The van der Waals surface area contributed by atoms with Crippen molar-refractivity contribution in [1.29, 1.82) is 0 Å². The first-order valence-electron chi connectivity index (χ1n) is 11.9. The molecule has 1 atom stereocenters. The van der Waals surface area contributed by atoms with Crippen molar-refractivity contribution in [2.45, 2.75) is 30.5 Å². The number of halogens is 5. The Kier molecular flexibility index (Phi) is 7.25. The number of carbonyl (C=O) groups excluding carboxylic acids is 1. The molecular weight excluding hydrogens is 578 g/mol. The molecule has 1 aromatic heterocycles. The average Bonchev–Trinajstić information content (AvgIpc) is 3.22. The lowest BCUT2D eigenvalue weighted by Crippen LogP contribution is -2.49. The van der Waals surface area contributed by atoms with E-state index >= 15 is 0 Å². The third kappa shape index (κ3) is 5.30. The lowest BCUT2D eigenvalue weighted by molar-refractivity contribution is -0.170. The highest BCUT2D eigenvalue weighted by Crippen LogP contribution is 2.37. The van der Waals surface area contributed by atoms with Crippen LogP contribution in [0.1, 0.15) is 12.5 Å². The Morgan fingerprint density at radius 3 is 2.31 bits per heavy atom. The molecule has 0 saturated carbocycles. The molecule has 1 saturated heterocycles. The molecule has 206 valence electrons. The average molecular weight is 600 g/mol. The Hall–Kier alpha value is -2.93. The second kappa shape index (κ2) is 10.2. The molecule has 2 aromatic carbocycles. The van der Waals surface area contributed by atoms with E-state index in [1.165, 1.54) is 29.4 Å². The summed E-state index contributed by atoms with van der Waals surface area (Å²) in [6.45, 7) is 2.59. The molecule has 2 aliphatic rings. The Morgan fingerprint density at radius 2 is 1.69 bits per heavy atom. The van der Waals surface area contributed by atoms with Crippen LogP contribution in [0.3, 0.4) is 0 Å². The fraction of sp³-hybridized carbons (Fsp3) is 0.320. The van der Waals surface area contributed by atoms with Crippen molar-refractivity contribution in [3.8, 4) is 11.3 Å².